The molecule has 0 fully saturated rings. The third-order valence-corrected chi connectivity index (χ3v) is 2.58. The normalized spacial score (nSPS) is 13.5. The molecule has 0 amide bonds. The lowest BCUT2D eigenvalue weighted by Gasteiger charge is -2.13. The number of hydrogen-bond acceptors (Lipinski definition) is 3. The lowest BCUT2D eigenvalue weighted by atomic mass is 9.99. The van der Waals surface area contributed by atoms with Gasteiger partial charge in [-0.25, -0.2) is 0 Å². The molecule has 1 atom stereocenters. The van der Waals surface area contributed by atoms with E-state index in [1.54, 1.807) is 0 Å². The largest absolute Gasteiger partial charge is 0.361 e. The zero-order valence-electron chi connectivity index (χ0n) is 10.4. The van der Waals surface area contributed by atoms with Gasteiger partial charge < -0.3 is 9.84 Å². The number of nitrogens with zero attached hydrogens (tertiary/aromatic N) is 1. The first-order valence-electron chi connectivity index (χ1n) is 5.65. The molecule has 1 aromatic heterocycles. The first kappa shape index (κ1) is 12.2. The molecule has 0 aliphatic carbocycles. The molecule has 86 valence electrons. The molecule has 0 saturated heterocycles. The topological polar surface area (TPSA) is 38.1 Å². The Bertz CT molecular complexity index is 285. The average Bonchev–Trinajstić information content (AvgIpc) is 2.45. The molecule has 3 nitrogen and oxygen atoms in total. The van der Waals surface area contributed by atoms with E-state index in [0.29, 0.717) is 11.8 Å². The average molecular weight is 210 g/mol. The van der Waals surface area contributed by atoms with Crippen molar-refractivity contribution in [3.05, 3.63) is 17.0 Å². The molecule has 0 spiro atoms. The molecule has 0 saturated carbocycles. The van der Waals surface area contributed by atoms with Crippen LogP contribution in [0.15, 0.2) is 4.52 Å². The standard InChI is InChI=1S/C12H22N2O/c1-8(2)6-13-7-9(3)12-10(4)14-15-11(12)5/h8-9,13H,6-7H2,1-5H3. The molecule has 0 radical (unpaired) electrons. The van der Waals surface area contributed by atoms with Gasteiger partial charge in [0.25, 0.3) is 0 Å². The Morgan fingerprint density at radius 1 is 1.20 bits per heavy atom. The number of rotatable bonds is 5. The quantitative estimate of drug-likeness (QED) is 0.812. The molecule has 1 heterocycles. The van der Waals surface area contributed by atoms with Crippen molar-refractivity contribution >= 4 is 0 Å². The van der Waals surface area contributed by atoms with Gasteiger partial charge in [0.05, 0.1) is 5.69 Å². The maximum atomic E-state index is 5.17. The summed E-state index contributed by atoms with van der Waals surface area (Å²) in [6, 6.07) is 0. The summed E-state index contributed by atoms with van der Waals surface area (Å²) >= 11 is 0. The van der Waals surface area contributed by atoms with Crippen LogP contribution in [0.1, 0.15) is 43.7 Å². The van der Waals surface area contributed by atoms with E-state index in [1.165, 1.54) is 5.56 Å². The van der Waals surface area contributed by atoms with Crippen LogP contribution >= 0.6 is 0 Å². The highest BCUT2D eigenvalue weighted by atomic mass is 16.5. The van der Waals surface area contributed by atoms with Crippen LogP contribution in [0.25, 0.3) is 0 Å². The lowest BCUT2D eigenvalue weighted by molar-refractivity contribution is 0.391. The molecule has 0 aliphatic heterocycles. The minimum absolute atomic E-state index is 0.468. The van der Waals surface area contributed by atoms with Gasteiger partial charge in [0, 0.05) is 12.1 Å². The second-order valence-corrected chi connectivity index (χ2v) is 4.69. The molecule has 1 N–H and O–H groups in total. The SMILES string of the molecule is Cc1noc(C)c1C(C)CNCC(C)C. The van der Waals surface area contributed by atoms with Crippen molar-refractivity contribution in [2.24, 2.45) is 5.92 Å². The van der Waals surface area contributed by atoms with Gasteiger partial charge in [-0.15, -0.1) is 0 Å². The van der Waals surface area contributed by atoms with Crippen LogP contribution in [0, 0.1) is 19.8 Å². The van der Waals surface area contributed by atoms with E-state index in [4.69, 9.17) is 4.52 Å². The third kappa shape index (κ3) is 3.34. The predicted octanol–water partition coefficient (Wildman–Crippen LogP) is 2.64. The van der Waals surface area contributed by atoms with Gasteiger partial charge in [-0.1, -0.05) is 25.9 Å². The molecular weight excluding hydrogens is 188 g/mol. The molecule has 0 aromatic carbocycles. The molecule has 1 aromatic rings. The third-order valence-electron chi connectivity index (χ3n) is 2.58. The Labute approximate surface area is 92.2 Å². The van der Waals surface area contributed by atoms with Crippen molar-refractivity contribution in [1.82, 2.24) is 10.5 Å². The highest BCUT2D eigenvalue weighted by Crippen LogP contribution is 2.22. The van der Waals surface area contributed by atoms with E-state index in [2.05, 4.69) is 31.2 Å². The van der Waals surface area contributed by atoms with Crippen molar-refractivity contribution in [3.63, 3.8) is 0 Å². The van der Waals surface area contributed by atoms with Gasteiger partial charge >= 0.3 is 0 Å². The van der Waals surface area contributed by atoms with Crippen LogP contribution in [0.5, 0.6) is 0 Å². The molecular formula is C12H22N2O. The fraction of sp³-hybridized carbons (Fsp3) is 0.750. The molecule has 1 rings (SSSR count). The van der Waals surface area contributed by atoms with Gasteiger partial charge in [0.2, 0.25) is 0 Å². The van der Waals surface area contributed by atoms with Crippen LogP contribution < -0.4 is 5.32 Å². The predicted molar refractivity (Wildman–Crippen MR) is 62.1 cm³/mol. The highest BCUT2D eigenvalue weighted by Gasteiger charge is 2.15. The van der Waals surface area contributed by atoms with Gasteiger partial charge in [0.15, 0.2) is 0 Å². The van der Waals surface area contributed by atoms with Gasteiger partial charge in [-0.05, 0) is 32.2 Å². The first-order valence-corrected chi connectivity index (χ1v) is 5.65. The Morgan fingerprint density at radius 3 is 2.33 bits per heavy atom. The van der Waals surface area contributed by atoms with Crippen LogP contribution in [-0.2, 0) is 0 Å². The summed E-state index contributed by atoms with van der Waals surface area (Å²) in [6.07, 6.45) is 0. The summed E-state index contributed by atoms with van der Waals surface area (Å²) in [4.78, 5) is 0. The van der Waals surface area contributed by atoms with Crippen LogP contribution in [0.4, 0.5) is 0 Å². The monoisotopic (exact) mass is 210 g/mol. The molecule has 1 unspecified atom stereocenters. The molecule has 15 heavy (non-hydrogen) atoms. The number of aryl methyl sites for hydroxylation is 2. The number of hydrogen-bond donors (Lipinski definition) is 1. The fourth-order valence-corrected chi connectivity index (χ4v) is 1.88. The molecule has 3 heteroatoms. The summed E-state index contributed by atoms with van der Waals surface area (Å²) in [7, 11) is 0. The summed E-state index contributed by atoms with van der Waals surface area (Å²) in [6.45, 7) is 12.7. The Morgan fingerprint density at radius 2 is 1.87 bits per heavy atom. The maximum absolute atomic E-state index is 5.17. The minimum Gasteiger partial charge on any atom is -0.361 e. The van der Waals surface area contributed by atoms with E-state index in [0.717, 1.165) is 24.5 Å². The summed E-state index contributed by atoms with van der Waals surface area (Å²) in [5, 5.41) is 7.44. The zero-order chi connectivity index (χ0) is 11.4. The fourth-order valence-electron chi connectivity index (χ4n) is 1.88. The van der Waals surface area contributed by atoms with E-state index in [1.807, 2.05) is 13.8 Å². The van der Waals surface area contributed by atoms with E-state index in [-0.39, 0.29) is 0 Å². The highest BCUT2D eigenvalue weighted by molar-refractivity contribution is 5.25. The minimum atomic E-state index is 0.468. The Kier molecular flexibility index (Phi) is 4.33. The van der Waals surface area contributed by atoms with Crippen molar-refractivity contribution in [1.29, 1.82) is 0 Å². The van der Waals surface area contributed by atoms with Gasteiger partial charge in [0.1, 0.15) is 5.76 Å². The van der Waals surface area contributed by atoms with E-state index in [9.17, 15) is 0 Å². The number of aromatic nitrogens is 1. The molecule has 0 bridgehead atoms. The van der Waals surface area contributed by atoms with Crippen molar-refractivity contribution in [2.75, 3.05) is 13.1 Å². The van der Waals surface area contributed by atoms with Crippen molar-refractivity contribution in [3.8, 4) is 0 Å². The van der Waals surface area contributed by atoms with Gasteiger partial charge in [-0.2, -0.15) is 0 Å². The van der Waals surface area contributed by atoms with Gasteiger partial charge in [-0.3, -0.25) is 0 Å². The summed E-state index contributed by atoms with van der Waals surface area (Å²) in [5.41, 5.74) is 2.28. The Balaban J connectivity index is 2.50. The summed E-state index contributed by atoms with van der Waals surface area (Å²) in [5.74, 6) is 2.11. The smallest absolute Gasteiger partial charge is 0.137 e. The lowest BCUT2D eigenvalue weighted by Crippen LogP contribution is -2.24. The second-order valence-electron chi connectivity index (χ2n) is 4.69. The second kappa shape index (κ2) is 5.31. The Hall–Kier alpha value is -0.830. The maximum Gasteiger partial charge on any atom is 0.137 e. The van der Waals surface area contributed by atoms with E-state index >= 15 is 0 Å². The zero-order valence-corrected chi connectivity index (χ0v) is 10.4. The van der Waals surface area contributed by atoms with Crippen LogP contribution in [0.2, 0.25) is 0 Å². The first-order chi connectivity index (χ1) is 7.02. The van der Waals surface area contributed by atoms with Crippen LogP contribution in [-0.4, -0.2) is 18.2 Å². The van der Waals surface area contributed by atoms with Crippen molar-refractivity contribution in [2.45, 2.75) is 40.5 Å². The van der Waals surface area contributed by atoms with Crippen LogP contribution in [0.3, 0.4) is 0 Å². The van der Waals surface area contributed by atoms with Crippen molar-refractivity contribution < 1.29 is 4.52 Å². The van der Waals surface area contributed by atoms with E-state index < -0.39 is 0 Å². The molecule has 0 aliphatic rings. The number of nitrogens with one attached hydrogen (secondary N) is 1. The summed E-state index contributed by atoms with van der Waals surface area (Å²) < 4.78 is 5.17.